The van der Waals surface area contributed by atoms with E-state index in [-0.39, 0.29) is 11.5 Å². The first kappa shape index (κ1) is 19.6. The SMILES string of the molecule is CN(CC1CCN(C(=O)O)CC1)c1cc(Nc2cc(F)c(O)cc2F)ncn1. The molecular weight excluding hydrogens is 372 g/mol. The van der Waals surface area contributed by atoms with Crippen LogP contribution in [-0.4, -0.2) is 57.9 Å². The van der Waals surface area contributed by atoms with Crippen LogP contribution in [-0.2, 0) is 0 Å². The van der Waals surface area contributed by atoms with Gasteiger partial charge in [-0.2, -0.15) is 0 Å². The molecule has 2 aromatic rings. The van der Waals surface area contributed by atoms with Gasteiger partial charge in [0.2, 0.25) is 0 Å². The fraction of sp³-hybridized carbons (Fsp3) is 0.389. The fourth-order valence-electron chi connectivity index (χ4n) is 3.18. The maximum absolute atomic E-state index is 13.9. The molecule has 0 bridgehead atoms. The molecule has 0 atom stereocenters. The molecule has 0 unspecified atom stereocenters. The monoisotopic (exact) mass is 393 g/mol. The summed E-state index contributed by atoms with van der Waals surface area (Å²) in [5, 5.41) is 20.9. The lowest BCUT2D eigenvalue weighted by Crippen LogP contribution is -2.40. The van der Waals surface area contributed by atoms with Crippen molar-refractivity contribution in [3.63, 3.8) is 0 Å². The molecule has 1 aliphatic rings. The van der Waals surface area contributed by atoms with Crippen molar-refractivity contribution in [2.45, 2.75) is 12.8 Å². The third kappa shape index (κ3) is 4.56. The summed E-state index contributed by atoms with van der Waals surface area (Å²) in [6, 6.07) is 3.15. The van der Waals surface area contributed by atoms with Crippen molar-refractivity contribution in [1.29, 1.82) is 0 Å². The number of halogens is 2. The van der Waals surface area contributed by atoms with Crippen LogP contribution < -0.4 is 10.2 Å². The molecule has 0 saturated carbocycles. The van der Waals surface area contributed by atoms with E-state index in [4.69, 9.17) is 5.11 Å². The first-order valence-corrected chi connectivity index (χ1v) is 8.79. The number of nitrogens with zero attached hydrogens (tertiary/aromatic N) is 4. The molecule has 1 aromatic carbocycles. The minimum absolute atomic E-state index is 0.149. The summed E-state index contributed by atoms with van der Waals surface area (Å²) in [4.78, 5) is 22.5. The Kier molecular flexibility index (Phi) is 5.76. The molecule has 1 fully saturated rings. The average molecular weight is 393 g/mol. The molecule has 0 radical (unpaired) electrons. The van der Waals surface area contributed by atoms with Gasteiger partial charge in [-0.25, -0.2) is 23.5 Å². The van der Waals surface area contributed by atoms with E-state index < -0.39 is 23.5 Å². The fourth-order valence-corrected chi connectivity index (χ4v) is 3.18. The number of phenols is 1. The zero-order valence-electron chi connectivity index (χ0n) is 15.3. The number of anilines is 3. The van der Waals surface area contributed by atoms with Crippen molar-refractivity contribution in [3.8, 4) is 5.75 Å². The second kappa shape index (κ2) is 8.24. The Labute approximate surface area is 160 Å². The molecule has 1 saturated heterocycles. The number of nitrogens with one attached hydrogen (secondary N) is 1. The Bertz CT molecular complexity index is 859. The van der Waals surface area contributed by atoms with E-state index in [1.165, 1.54) is 11.2 Å². The quantitative estimate of drug-likeness (QED) is 0.671. The van der Waals surface area contributed by atoms with Gasteiger partial charge in [-0.1, -0.05) is 0 Å². The van der Waals surface area contributed by atoms with Crippen LogP contribution in [0.15, 0.2) is 24.5 Å². The third-order valence-corrected chi connectivity index (χ3v) is 4.76. The zero-order valence-corrected chi connectivity index (χ0v) is 15.3. The van der Waals surface area contributed by atoms with Gasteiger partial charge in [0.1, 0.15) is 18.0 Å². The van der Waals surface area contributed by atoms with E-state index in [0.29, 0.717) is 37.4 Å². The number of hydrogen-bond donors (Lipinski definition) is 3. The Balaban J connectivity index is 1.64. The number of carbonyl (C=O) groups is 1. The van der Waals surface area contributed by atoms with Gasteiger partial charge in [0, 0.05) is 44.9 Å². The van der Waals surface area contributed by atoms with E-state index in [9.17, 15) is 18.7 Å². The molecule has 150 valence electrons. The third-order valence-electron chi connectivity index (χ3n) is 4.76. The van der Waals surface area contributed by atoms with Gasteiger partial charge in [0.05, 0.1) is 5.69 Å². The van der Waals surface area contributed by atoms with Gasteiger partial charge in [0.25, 0.3) is 0 Å². The van der Waals surface area contributed by atoms with Crippen LogP contribution in [0.3, 0.4) is 0 Å². The van der Waals surface area contributed by atoms with Gasteiger partial charge in [-0.05, 0) is 18.8 Å². The van der Waals surface area contributed by atoms with Gasteiger partial charge < -0.3 is 25.3 Å². The predicted molar refractivity (Wildman–Crippen MR) is 98.9 cm³/mol. The molecule has 3 rings (SSSR count). The summed E-state index contributed by atoms with van der Waals surface area (Å²) in [5.74, 6) is -1.31. The lowest BCUT2D eigenvalue weighted by molar-refractivity contribution is 0.125. The van der Waals surface area contributed by atoms with E-state index in [0.717, 1.165) is 18.9 Å². The summed E-state index contributed by atoms with van der Waals surface area (Å²) in [6.07, 6.45) is 1.96. The first-order valence-electron chi connectivity index (χ1n) is 8.79. The number of benzene rings is 1. The van der Waals surface area contributed by atoms with Crippen LogP contribution in [0.5, 0.6) is 5.75 Å². The normalized spacial score (nSPS) is 14.8. The summed E-state index contributed by atoms with van der Waals surface area (Å²) < 4.78 is 27.4. The molecule has 1 amide bonds. The van der Waals surface area contributed by atoms with Crippen molar-refractivity contribution in [2.75, 3.05) is 36.9 Å². The second-order valence-electron chi connectivity index (χ2n) is 6.76. The van der Waals surface area contributed by atoms with Gasteiger partial charge in [-0.3, -0.25) is 0 Å². The maximum atomic E-state index is 13.9. The molecule has 8 nitrogen and oxygen atoms in total. The number of hydrogen-bond acceptors (Lipinski definition) is 6. The van der Waals surface area contributed by atoms with Crippen molar-refractivity contribution in [2.24, 2.45) is 5.92 Å². The Morgan fingerprint density at radius 1 is 1.25 bits per heavy atom. The molecule has 1 aliphatic heterocycles. The van der Waals surface area contributed by atoms with Gasteiger partial charge in [0.15, 0.2) is 17.4 Å². The Morgan fingerprint density at radius 3 is 2.64 bits per heavy atom. The molecule has 10 heteroatoms. The molecule has 0 spiro atoms. The molecule has 1 aromatic heterocycles. The minimum Gasteiger partial charge on any atom is -0.505 e. The summed E-state index contributed by atoms with van der Waals surface area (Å²) in [6.45, 7) is 1.71. The van der Waals surface area contributed by atoms with Crippen LogP contribution >= 0.6 is 0 Å². The second-order valence-corrected chi connectivity index (χ2v) is 6.76. The Hall–Kier alpha value is -3.17. The first-order chi connectivity index (χ1) is 13.3. The number of aromatic hydroxyl groups is 1. The number of aromatic nitrogens is 2. The lowest BCUT2D eigenvalue weighted by Gasteiger charge is -2.32. The van der Waals surface area contributed by atoms with Gasteiger partial charge >= 0.3 is 6.09 Å². The maximum Gasteiger partial charge on any atom is 0.407 e. The van der Waals surface area contributed by atoms with Crippen LogP contribution in [0.25, 0.3) is 0 Å². The van der Waals surface area contributed by atoms with Crippen LogP contribution in [0.1, 0.15) is 12.8 Å². The molecule has 2 heterocycles. The number of amides is 1. The minimum atomic E-state index is -0.942. The van der Waals surface area contributed by atoms with E-state index in [1.54, 1.807) is 6.07 Å². The highest BCUT2D eigenvalue weighted by Crippen LogP contribution is 2.27. The highest BCUT2D eigenvalue weighted by molar-refractivity contribution is 5.65. The largest absolute Gasteiger partial charge is 0.505 e. The number of carboxylic acid groups (broad SMARTS) is 1. The van der Waals surface area contributed by atoms with E-state index in [1.807, 2.05) is 11.9 Å². The van der Waals surface area contributed by atoms with Gasteiger partial charge in [-0.15, -0.1) is 0 Å². The zero-order chi connectivity index (χ0) is 20.3. The number of phenolic OH excluding ortho intramolecular Hbond substituents is 1. The molecule has 3 N–H and O–H groups in total. The summed E-state index contributed by atoms with van der Waals surface area (Å²) >= 11 is 0. The van der Waals surface area contributed by atoms with E-state index >= 15 is 0 Å². The van der Waals surface area contributed by atoms with Crippen LogP contribution in [0.2, 0.25) is 0 Å². The van der Waals surface area contributed by atoms with Crippen LogP contribution in [0, 0.1) is 17.6 Å². The van der Waals surface area contributed by atoms with E-state index in [2.05, 4.69) is 15.3 Å². The lowest BCUT2D eigenvalue weighted by atomic mass is 9.96. The number of likely N-dealkylation sites (tertiary alicyclic amines) is 1. The smallest absolute Gasteiger partial charge is 0.407 e. The van der Waals surface area contributed by atoms with Crippen molar-refractivity contribution in [1.82, 2.24) is 14.9 Å². The predicted octanol–water partition coefficient (Wildman–Crippen LogP) is 3.03. The molecular formula is C18H21F2N5O3. The van der Waals surface area contributed by atoms with Crippen molar-refractivity contribution < 1.29 is 23.8 Å². The highest BCUT2D eigenvalue weighted by atomic mass is 19.1. The topological polar surface area (TPSA) is 102 Å². The van der Waals surface area contributed by atoms with Crippen molar-refractivity contribution >= 4 is 23.4 Å². The number of piperidine rings is 1. The van der Waals surface area contributed by atoms with Crippen molar-refractivity contribution in [3.05, 3.63) is 36.2 Å². The molecule has 28 heavy (non-hydrogen) atoms. The van der Waals surface area contributed by atoms with Crippen LogP contribution in [0.4, 0.5) is 30.9 Å². The summed E-state index contributed by atoms with van der Waals surface area (Å²) in [5.41, 5.74) is -0.149. The molecule has 0 aliphatic carbocycles. The highest BCUT2D eigenvalue weighted by Gasteiger charge is 2.23. The average Bonchev–Trinajstić information content (AvgIpc) is 2.67. The standard InChI is InChI=1S/C18H21F2N5O3/c1-24(9-11-2-4-25(5-3-11)18(27)28)17-8-16(21-10-22-17)23-14-6-13(20)15(26)7-12(14)19/h6-8,10-11,26H,2-5,9H2,1H3,(H,27,28)(H,21,22,23). The Morgan fingerprint density at radius 2 is 1.96 bits per heavy atom. The number of rotatable bonds is 5. The summed E-state index contributed by atoms with van der Waals surface area (Å²) in [7, 11) is 1.86.